The Morgan fingerprint density at radius 1 is 0.896 bits per heavy atom. The van der Waals surface area contributed by atoms with Crippen LogP contribution in [0.2, 0.25) is 0 Å². The second-order valence-electron chi connectivity index (χ2n) is 11.9. The van der Waals surface area contributed by atoms with E-state index >= 15 is 0 Å². The minimum absolute atomic E-state index is 0.00901. The first kappa shape index (κ1) is 36.3. The fourth-order valence-corrected chi connectivity index (χ4v) is 6.13. The molecule has 0 fully saturated rings. The first-order valence-corrected chi connectivity index (χ1v) is 18.2. The molecule has 1 heterocycles. The van der Waals surface area contributed by atoms with Crippen LogP contribution in [-0.4, -0.2) is 50.0 Å². The van der Waals surface area contributed by atoms with Crippen LogP contribution in [0.4, 0.5) is 0 Å². The highest BCUT2D eigenvalue weighted by molar-refractivity contribution is 7.90. The van der Waals surface area contributed by atoms with Crippen molar-refractivity contribution in [1.29, 1.82) is 0 Å². The molecule has 4 rings (SSSR count). The van der Waals surface area contributed by atoms with Crippen molar-refractivity contribution in [3.63, 3.8) is 0 Å². The van der Waals surface area contributed by atoms with Crippen LogP contribution in [-0.2, 0) is 41.7 Å². The van der Waals surface area contributed by atoms with E-state index in [9.17, 15) is 23.1 Å². The Balaban J connectivity index is 1.29. The number of hydrogen-bond donors (Lipinski definition) is 2. The number of ether oxygens (including phenoxy) is 4. The van der Waals surface area contributed by atoms with Crippen LogP contribution in [0.5, 0.6) is 11.5 Å². The average molecular weight is 681 g/mol. The summed E-state index contributed by atoms with van der Waals surface area (Å²) in [6, 6.07) is 10.5. The maximum Gasteiger partial charge on any atom is 0.303 e. The number of hydrogen-bond acceptors (Lipinski definition) is 8. The lowest BCUT2D eigenvalue weighted by atomic mass is 9.97. The molecule has 0 bridgehead atoms. The number of aliphatic carboxylic acids is 2. The number of allylic oxidation sites excluding steroid dienone is 4. The van der Waals surface area contributed by atoms with Crippen molar-refractivity contribution in [2.24, 2.45) is 0 Å². The van der Waals surface area contributed by atoms with Crippen LogP contribution in [0.15, 0.2) is 83.4 Å². The van der Waals surface area contributed by atoms with Gasteiger partial charge in [-0.2, -0.15) is 0 Å². The number of rotatable bonds is 20. The molecule has 48 heavy (non-hydrogen) atoms. The Kier molecular flexibility index (Phi) is 13.7. The Morgan fingerprint density at radius 3 is 2.44 bits per heavy atom. The van der Waals surface area contributed by atoms with Gasteiger partial charge in [-0.15, -0.1) is 0 Å². The van der Waals surface area contributed by atoms with Crippen molar-refractivity contribution in [1.82, 2.24) is 0 Å². The van der Waals surface area contributed by atoms with Gasteiger partial charge in [0.1, 0.15) is 29.8 Å². The van der Waals surface area contributed by atoms with Gasteiger partial charge in [-0.3, -0.25) is 9.59 Å². The number of carboxylic acid groups (broad SMARTS) is 2. The molecule has 10 nitrogen and oxygen atoms in total. The topological polar surface area (TPSA) is 146 Å². The lowest BCUT2D eigenvalue weighted by molar-refractivity contribution is -0.138. The van der Waals surface area contributed by atoms with Crippen molar-refractivity contribution in [2.75, 3.05) is 19.5 Å². The average Bonchev–Trinajstić information content (AvgIpc) is 3.05. The molecule has 0 radical (unpaired) electrons. The first-order valence-electron chi connectivity index (χ1n) is 16.3. The van der Waals surface area contributed by atoms with Crippen molar-refractivity contribution < 1.29 is 47.2 Å². The lowest BCUT2D eigenvalue weighted by Gasteiger charge is -2.19. The minimum atomic E-state index is -3.52. The van der Waals surface area contributed by atoms with Gasteiger partial charge in [0.25, 0.3) is 0 Å². The molecular weight excluding hydrogens is 636 g/mol. The fraction of sp³-hybridized carbons (Fsp3) is 0.405. The molecule has 0 amide bonds. The summed E-state index contributed by atoms with van der Waals surface area (Å²) in [5.41, 5.74) is 3.66. The van der Waals surface area contributed by atoms with Gasteiger partial charge in [0.15, 0.2) is 15.6 Å². The third-order valence-corrected chi connectivity index (χ3v) is 9.02. The zero-order valence-corrected chi connectivity index (χ0v) is 28.1. The Labute approximate surface area is 282 Å². The zero-order chi connectivity index (χ0) is 34.4. The second kappa shape index (κ2) is 18.1. The van der Waals surface area contributed by atoms with E-state index in [0.29, 0.717) is 54.5 Å². The fourth-order valence-electron chi connectivity index (χ4n) is 5.46. The van der Waals surface area contributed by atoms with Gasteiger partial charge in [0.05, 0.1) is 18.1 Å². The van der Waals surface area contributed by atoms with E-state index in [2.05, 4.69) is 12.2 Å². The highest BCUT2D eigenvalue weighted by atomic mass is 32.2. The predicted molar refractivity (Wildman–Crippen MR) is 181 cm³/mol. The molecule has 0 unspecified atom stereocenters. The molecule has 1 aliphatic carbocycles. The largest absolute Gasteiger partial charge is 0.494 e. The van der Waals surface area contributed by atoms with Gasteiger partial charge in [-0.1, -0.05) is 48.8 Å². The summed E-state index contributed by atoms with van der Waals surface area (Å²) >= 11 is 0. The van der Waals surface area contributed by atoms with E-state index in [-0.39, 0.29) is 24.3 Å². The van der Waals surface area contributed by atoms with E-state index in [1.54, 1.807) is 24.5 Å². The number of carbonyl (C=O) groups is 2. The number of carboxylic acids is 2. The SMILES string of the molecule is CS(=O)(=O)c1cc(OCCCCCCc2cccc(OCCCC(=O)O)c2CCC(=O)O)cc(C2=COC=C(CC3=CC=CCC3)O2)c1. The molecule has 0 spiro atoms. The molecule has 0 aromatic heterocycles. The Hall–Kier alpha value is -4.51. The standard InChI is InChI=1S/C37H44O10S/c1-48(42,43)32-23-29(35-26-44-25-31(47-35)21-27-11-5-4-6-12-27)22-30(24-32)45-19-8-3-2-7-13-28-14-9-15-34(33(28)17-18-37(40)41)46-20-10-16-36(38)39/h4-5,9,11,14-15,22-26H,2-3,6-8,10,12-13,16-21H2,1H3,(H,38,39)(H,40,41). The normalized spacial score (nSPS) is 14.2. The van der Waals surface area contributed by atoms with E-state index in [0.717, 1.165) is 62.3 Å². The van der Waals surface area contributed by atoms with Gasteiger partial charge >= 0.3 is 11.9 Å². The van der Waals surface area contributed by atoms with Crippen molar-refractivity contribution in [3.05, 3.63) is 95.2 Å². The van der Waals surface area contributed by atoms with E-state index < -0.39 is 21.8 Å². The molecule has 0 saturated carbocycles. The molecule has 2 aliphatic rings. The van der Waals surface area contributed by atoms with Crippen LogP contribution in [0.1, 0.15) is 80.9 Å². The molecule has 11 heteroatoms. The molecule has 0 saturated heterocycles. The quantitative estimate of drug-likeness (QED) is 0.136. The maximum absolute atomic E-state index is 12.5. The molecule has 2 aromatic rings. The van der Waals surface area contributed by atoms with Crippen molar-refractivity contribution in [3.8, 4) is 11.5 Å². The van der Waals surface area contributed by atoms with Crippen molar-refractivity contribution in [2.45, 2.75) is 81.9 Å². The van der Waals surface area contributed by atoms with Gasteiger partial charge in [-0.25, -0.2) is 8.42 Å². The summed E-state index contributed by atoms with van der Waals surface area (Å²) in [5, 5.41) is 18.1. The number of aryl methyl sites for hydroxylation is 1. The minimum Gasteiger partial charge on any atom is -0.494 e. The maximum atomic E-state index is 12.5. The molecule has 2 aromatic carbocycles. The predicted octanol–water partition coefficient (Wildman–Crippen LogP) is 7.39. The molecule has 2 N–H and O–H groups in total. The number of benzene rings is 2. The smallest absolute Gasteiger partial charge is 0.303 e. The molecule has 1 aliphatic heterocycles. The summed E-state index contributed by atoms with van der Waals surface area (Å²) in [6.07, 6.45) is 17.8. The highest BCUT2D eigenvalue weighted by Crippen LogP contribution is 2.32. The monoisotopic (exact) mass is 680 g/mol. The highest BCUT2D eigenvalue weighted by Gasteiger charge is 2.19. The third-order valence-electron chi connectivity index (χ3n) is 7.93. The summed E-state index contributed by atoms with van der Waals surface area (Å²) in [4.78, 5) is 22.2. The molecule has 0 atom stereocenters. The van der Waals surface area contributed by atoms with Crippen LogP contribution in [0.25, 0.3) is 5.76 Å². The lowest BCUT2D eigenvalue weighted by Crippen LogP contribution is -2.07. The third kappa shape index (κ3) is 11.9. The molecular formula is C37H44O10S. The zero-order valence-electron chi connectivity index (χ0n) is 27.3. The van der Waals surface area contributed by atoms with E-state index in [1.165, 1.54) is 17.9 Å². The van der Waals surface area contributed by atoms with Crippen LogP contribution in [0.3, 0.4) is 0 Å². The summed E-state index contributed by atoms with van der Waals surface area (Å²) in [5.74, 6) is 0.314. The van der Waals surface area contributed by atoms with E-state index in [4.69, 9.17) is 24.1 Å². The first-order chi connectivity index (χ1) is 23.1. The van der Waals surface area contributed by atoms with Gasteiger partial charge in [0.2, 0.25) is 0 Å². The van der Waals surface area contributed by atoms with Gasteiger partial charge in [-0.05, 0) is 80.3 Å². The summed E-state index contributed by atoms with van der Waals surface area (Å²) in [6.45, 7) is 0.650. The second-order valence-corrected chi connectivity index (χ2v) is 13.9. The number of unbranched alkanes of at least 4 members (excludes halogenated alkanes) is 3. The van der Waals surface area contributed by atoms with Gasteiger partial charge < -0.3 is 29.2 Å². The van der Waals surface area contributed by atoms with E-state index in [1.807, 2.05) is 18.2 Å². The summed E-state index contributed by atoms with van der Waals surface area (Å²) in [7, 11) is -3.52. The van der Waals surface area contributed by atoms with Gasteiger partial charge in [0, 0.05) is 31.1 Å². The Morgan fingerprint density at radius 2 is 1.69 bits per heavy atom. The van der Waals surface area contributed by atoms with Crippen LogP contribution in [0, 0.1) is 0 Å². The van der Waals surface area contributed by atoms with Crippen molar-refractivity contribution >= 4 is 27.5 Å². The van der Waals surface area contributed by atoms with Crippen LogP contribution >= 0.6 is 0 Å². The Bertz CT molecular complexity index is 1670. The molecule has 258 valence electrons. The van der Waals surface area contributed by atoms with Crippen LogP contribution < -0.4 is 9.47 Å². The summed E-state index contributed by atoms with van der Waals surface area (Å²) < 4.78 is 48.5. The number of sulfone groups is 1.